The first kappa shape index (κ1) is 26.0. The summed E-state index contributed by atoms with van der Waals surface area (Å²) in [5, 5.41) is 9.83. The zero-order chi connectivity index (χ0) is 25.3. The van der Waals surface area contributed by atoms with Crippen LogP contribution in [-0.2, 0) is 25.7 Å². The molecule has 188 valence electrons. The van der Waals surface area contributed by atoms with Crippen LogP contribution in [0.3, 0.4) is 0 Å². The zero-order valence-electron chi connectivity index (χ0n) is 19.7. The van der Waals surface area contributed by atoms with Crippen molar-refractivity contribution in [2.75, 3.05) is 19.8 Å². The van der Waals surface area contributed by atoms with Gasteiger partial charge in [0.25, 0.3) is 0 Å². The molecule has 4 rings (SSSR count). The second kappa shape index (κ2) is 10.5. The average Bonchev–Trinajstić information content (AvgIpc) is 3.45. The van der Waals surface area contributed by atoms with E-state index in [0.29, 0.717) is 19.5 Å². The number of halogens is 1. The van der Waals surface area contributed by atoms with Gasteiger partial charge in [-0.15, -0.1) is 18.3 Å². The molecule has 3 heterocycles. The highest BCUT2D eigenvalue weighted by atomic mass is 79.9. The Hall–Kier alpha value is -2.10. The number of carbonyl (C=O) groups excluding carboxylic acids is 3. The fourth-order valence-electron chi connectivity index (χ4n) is 5.78. The van der Waals surface area contributed by atoms with Gasteiger partial charge in [-0.1, -0.05) is 65.0 Å². The summed E-state index contributed by atoms with van der Waals surface area (Å²) in [5.41, 5.74) is 0.968. The number of nitrogens with zero attached hydrogens (tertiary/aromatic N) is 2. The van der Waals surface area contributed by atoms with Gasteiger partial charge in [0.15, 0.2) is 0 Å². The van der Waals surface area contributed by atoms with Gasteiger partial charge in [-0.05, 0) is 18.9 Å². The predicted octanol–water partition coefficient (Wildman–Crippen LogP) is 2.78. The van der Waals surface area contributed by atoms with Crippen molar-refractivity contribution in [2.45, 2.75) is 46.8 Å². The Balaban J connectivity index is 1.75. The van der Waals surface area contributed by atoms with E-state index in [2.05, 4.69) is 29.1 Å². The Kier molecular flexibility index (Phi) is 7.78. The number of likely N-dealkylation sites (tertiary alicyclic amines) is 1. The number of carbonyl (C=O) groups is 3. The number of rotatable bonds is 10. The number of esters is 1. The van der Waals surface area contributed by atoms with Gasteiger partial charge in [0, 0.05) is 23.2 Å². The summed E-state index contributed by atoms with van der Waals surface area (Å²) >= 11 is 5.28. The van der Waals surface area contributed by atoms with E-state index >= 15 is 0 Å². The van der Waals surface area contributed by atoms with Crippen LogP contribution in [0.25, 0.3) is 0 Å². The Bertz CT molecular complexity index is 1010. The number of alkyl halides is 1. The van der Waals surface area contributed by atoms with Crippen molar-refractivity contribution in [1.29, 1.82) is 0 Å². The highest BCUT2D eigenvalue weighted by Gasteiger charge is 2.76. The van der Waals surface area contributed by atoms with Crippen LogP contribution in [0.4, 0.5) is 0 Å². The van der Waals surface area contributed by atoms with Crippen molar-refractivity contribution >= 4 is 45.5 Å². The smallest absolute Gasteiger partial charge is 0.311 e. The van der Waals surface area contributed by atoms with Crippen LogP contribution in [0.5, 0.6) is 0 Å². The predicted molar refractivity (Wildman–Crippen MR) is 139 cm³/mol. The molecule has 3 aliphatic heterocycles. The summed E-state index contributed by atoms with van der Waals surface area (Å²) in [6.07, 6.45) is 3.75. The normalized spacial score (nSPS) is 31.7. The topological polar surface area (TPSA) is 87.2 Å². The zero-order valence-corrected chi connectivity index (χ0v) is 22.1. The van der Waals surface area contributed by atoms with E-state index in [4.69, 9.17) is 4.74 Å². The molecule has 2 bridgehead atoms. The summed E-state index contributed by atoms with van der Waals surface area (Å²) in [4.78, 5) is 44.4. The third kappa shape index (κ3) is 4.36. The van der Waals surface area contributed by atoms with Crippen molar-refractivity contribution in [2.24, 2.45) is 11.8 Å². The molecule has 3 unspecified atom stereocenters. The highest BCUT2D eigenvalue weighted by Crippen LogP contribution is 2.68. The van der Waals surface area contributed by atoms with Crippen LogP contribution >= 0.6 is 27.7 Å². The van der Waals surface area contributed by atoms with Gasteiger partial charge in [0.2, 0.25) is 11.8 Å². The number of fused-ring (bicyclic) bond motifs is 1. The minimum absolute atomic E-state index is 0.0421. The van der Waals surface area contributed by atoms with E-state index in [-0.39, 0.29) is 35.1 Å². The molecule has 0 saturated carbocycles. The van der Waals surface area contributed by atoms with Crippen molar-refractivity contribution in [3.63, 3.8) is 0 Å². The number of benzene rings is 1. The quantitative estimate of drug-likeness (QED) is 0.268. The van der Waals surface area contributed by atoms with E-state index in [1.807, 2.05) is 30.3 Å². The Morgan fingerprint density at radius 3 is 2.69 bits per heavy atom. The van der Waals surface area contributed by atoms with Gasteiger partial charge < -0.3 is 19.6 Å². The van der Waals surface area contributed by atoms with E-state index < -0.39 is 34.6 Å². The van der Waals surface area contributed by atoms with E-state index in [1.165, 1.54) is 11.0 Å². The first-order valence-electron chi connectivity index (χ1n) is 11.8. The number of ether oxygens (including phenoxy) is 1. The molecule has 1 aromatic rings. The lowest BCUT2D eigenvalue weighted by molar-refractivity contribution is -0.153. The molecule has 7 nitrogen and oxygen atoms in total. The van der Waals surface area contributed by atoms with Crippen LogP contribution < -0.4 is 0 Å². The molecule has 7 atom stereocenters. The molecule has 2 amide bonds. The molecular weight excluding hydrogens is 532 g/mol. The molecule has 0 aliphatic carbocycles. The summed E-state index contributed by atoms with van der Waals surface area (Å²) in [6.45, 7) is 9.64. The van der Waals surface area contributed by atoms with Crippen molar-refractivity contribution in [1.82, 2.24) is 9.80 Å². The first-order chi connectivity index (χ1) is 16.8. The number of thioether (sulfide) groups is 1. The van der Waals surface area contributed by atoms with Crippen LogP contribution in [0.1, 0.15) is 18.9 Å². The Morgan fingerprint density at radius 2 is 2.06 bits per heavy atom. The maximum atomic E-state index is 14.2. The molecule has 1 spiro atoms. The van der Waals surface area contributed by atoms with Crippen LogP contribution in [0.2, 0.25) is 0 Å². The molecule has 3 aliphatic rings. The van der Waals surface area contributed by atoms with Gasteiger partial charge in [-0.2, -0.15) is 0 Å². The standard InChI is InChI=1S/C26H31BrN2O5S/c1-4-11-28(14-17-9-7-6-8-10-17)24(32)22-26-13-18(27)21(35-26)19(25(33)34-12-5-2)20(26)23(31)29(22)16(3)15-30/h4-10,16,18-22,30H,1-2,11-15H2,3H3/t16-,18?,19-,20+,21-,22?,26?/m1/s1. The summed E-state index contributed by atoms with van der Waals surface area (Å²) in [6, 6.07) is 8.28. The third-order valence-corrected chi connectivity index (χ3v) is 10.4. The number of amides is 2. The van der Waals surface area contributed by atoms with Gasteiger partial charge >= 0.3 is 5.97 Å². The number of aliphatic hydroxyl groups is 1. The second-order valence-electron chi connectivity index (χ2n) is 9.35. The molecule has 0 aromatic heterocycles. The molecule has 1 aromatic carbocycles. The maximum absolute atomic E-state index is 14.2. The van der Waals surface area contributed by atoms with E-state index in [0.717, 1.165) is 5.56 Å². The van der Waals surface area contributed by atoms with Crippen LogP contribution in [-0.4, -0.2) is 79.4 Å². The largest absolute Gasteiger partial charge is 0.461 e. The molecule has 0 radical (unpaired) electrons. The molecule has 3 fully saturated rings. The number of hydrogen-bond acceptors (Lipinski definition) is 6. The maximum Gasteiger partial charge on any atom is 0.311 e. The highest BCUT2D eigenvalue weighted by molar-refractivity contribution is 9.09. The molecule has 35 heavy (non-hydrogen) atoms. The molecular formula is C26H31BrN2O5S. The number of aliphatic hydroxyl groups excluding tert-OH is 1. The Morgan fingerprint density at radius 1 is 1.34 bits per heavy atom. The van der Waals surface area contributed by atoms with E-state index in [9.17, 15) is 19.5 Å². The van der Waals surface area contributed by atoms with Crippen LogP contribution in [0.15, 0.2) is 55.6 Å². The summed E-state index contributed by atoms with van der Waals surface area (Å²) < 4.78 is 4.60. The summed E-state index contributed by atoms with van der Waals surface area (Å²) in [5.74, 6) is -2.26. The fourth-order valence-corrected chi connectivity index (χ4v) is 9.36. The minimum Gasteiger partial charge on any atom is -0.461 e. The average molecular weight is 564 g/mol. The SMILES string of the molecule is C=CCOC(=O)[C@H]1[C@@H]2SC3(CC2Br)C(C(=O)N(CC=C)Cc2ccccc2)N([C@H](C)CO)C(=O)[C@H]13. The van der Waals surface area contributed by atoms with E-state index in [1.54, 1.807) is 29.7 Å². The van der Waals surface area contributed by atoms with Crippen molar-refractivity contribution in [3.05, 3.63) is 61.2 Å². The molecule has 3 saturated heterocycles. The second-order valence-corrected chi connectivity index (χ2v) is 12.1. The third-order valence-electron chi connectivity index (χ3n) is 7.19. The Labute approximate surface area is 218 Å². The van der Waals surface area contributed by atoms with Gasteiger partial charge in [0.05, 0.1) is 29.2 Å². The monoisotopic (exact) mass is 562 g/mol. The molecule has 9 heteroatoms. The van der Waals surface area contributed by atoms with Gasteiger partial charge in [0.1, 0.15) is 12.6 Å². The van der Waals surface area contributed by atoms with Gasteiger partial charge in [-0.25, -0.2) is 0 Å². The van der Waals surface area contributed by atoms with Crippen LogP contribution in [0, 0.1) is 11.8 Å². The summed E-state index contributed by atoms with van der Waals surface area (Å²) in [7, 11) is 0. The van der Waals surface area contributed by atoms with Gasteiger partial charge in [-0.3, -0.25) is 14.4 Å². The van der Waals surface area contributed by atoms with Crippen molar-refractivity contribution in [3.8, 4) is 0 Å². The lowest BCUT2D eigenvalue weighted by atomic mass is 9.71. The van der Waals surface area contributed by atoms with Crippen molar-refractivity contribution < 1.29 is 24.2 Å². The lowest BCUT2D eigenvalue weighted by Gasteiger charge is -2.39. The first-order valence-corrected chi connectivity index (χ1v) is 13.6. The number of hydrogen-bond donors (Lipinski definition) is 1. The fraction of sp³-hybridized carbons (Fsp3) is 0.500. The molecule has 1 N–H and O–H groups in total. The lowest BCUT2D eigenvalue weighted by Crippen LogP contribution is -2.57. The minimum atomic E-state index is -0.807.